The van der Waals surface area contributed by atoms with Crippen molar-refractivity contribution < 1.29 is 0 Å². The Kier molecular flexibility index (Phi) is 6.45. The van der Waals surface area contributed by atoms with E-state index in [1.54, 1.807) is 0 Å². The van der Waals surface area contributed by atoms with Gasteiger partial charge in [-0.15, -0.1) is 0 Å². The van der Waals surface area contributed by atoms with Gasteiger partial charge in [0.05, 0.1) is 0 Å². The molecule has 0 bridgehead atoms. The minimum Gasteiger partial charge on any atom is -0.0683 e. The molecule has 0 N–H and O–H groups in total. The van der Waals surface area contributed by atoms with E-state index < -0.39 is 0 Å². The maximum absolute atomic E-state index is 2.43. The quantitative estimate of drug-likeness (QED) is 0.552. The molecule has 0 amide bonds. The van der Waals surface area contributed by atoms with Crippen molar-refractivity contribution in [2.24, 2.45) is 23.7 Å². The Morgan fingerprint density at radius 1 is 1.00 bits per heavy atom. The lowest BCUT2D eigenvalue weighted by Gasteiger charge is -2.35. The zero-order valence-corrected chi connectivity index (χ0v) is 10.4. The Labute approximate surface area is 85.1 Å². The van der Waals surface area contributed by atoms with Crippen molar-refractivity contribution in [3.63, 3.8) is 0 Å². The zero-order chi connectivity index (χ0) is 10.4. The molecule has 1 aliphatic rings. The maximum Gasteiger partial charge on any atom is -0.0365 e. The molecule has 0 aromatic rings. The maximum atomic E-state index is 2.43. The molecular formula is C13H28. The molecule has 1 saturated carbocycles. The molecule has 13 heavy (non-hydrogen) atoms. The fourth-order valence-electron chi connectivity index (χ4n) is 2.68. The van der Waals surface area contributed by atoms with Crippen molar-refractivity contribution in [1.29, 1.82) is 0 Å². The van der Waals surface area contributed by atoms with E-state index in [0.717, 1.165) is 23.7 Å². The molecule has 80 valence electrons. The van der Waals surface area contributed by atoms with Crippen LogP contribution in [0.4, 0.5) is 0 Å². The van der Waals surface area contributed by atoms with Gasteiger partial charge < -0.3 is 0 Å². The van der Waals surface area contributed by atoms with Gasteiger partial charge in [0.25, 0.3) is 0 Å². The average Bonchev–Trinajstić information content (AvgIpc) is 2.07. The van der Waals surface area contributed by atoms with Crippen molar-refractivity contribution in [2.75, 3.05) is 0 Å². The van der Waals surface area contributed by atoms with Crippen molar-refractivity contribution in [1.82, 2.24) is 0 Å². The number of hydrogen-bond donors (Lipinski definition) is 0. The fraction of sp³-hybridized carbons (Fsp3) is 1.00. The third-order valence-corrected chi connectivity index (χ3v) is 3.35. The Balaban J connectivity index is 0.000000671. The van der Waals surface area contributed by atoms with Gasteiger partial charge in [0.1, 0.15) is 0 Å². The van der Waals surface area contributed by atoms with Crippen LogP contribution in [0.2, 0.25) is 0 Å². The summed E-state index contributed by atoms with van der Waals surface area (Å²) in [6.07, 6.45) is 4.40. The largest absolute Gasteiger partial charge is 0.0683 e. The fourth-order valence-corrected chi connectivity index (χ4v) is 2.68. The van der Waals surface area contributed by atoms with Gasteiger partial charge in [-0.25, -0.2) is 0 Å². The minimum atomic E-state index is 0.900. The van der Waals surface area contributed by atoms with E-state index in [9.17, 15) is 0 Å². The summed E-state index contributed by atoms with van der Waals surface area (Å²) in [5, 5.41) is 0. The van der Waals surface area contributed by atoms with Gasteiger partial charge in [0.2, 0.25) is 0 Å². The third kappa shape index (κ3) is 4.15. The van der Waals surface area contributed by atoms with Crippen LogP contribution in [0, 0.1) is 23.7 Å². The Morgan fingerprint density at radius 2 is 1.54 bits per heavy atom. The second-order valence-electron chi connectivity index (χ2n) is 4.80. The van der Waals surface area contributed by atoms with Crippen LogP contribution in [0.3, 0.4) is 0 Å². The predicted molar refractivity (Wildman–Crippen MR) is 61.9 cm³/mol. The lowest BCUT2D eigenvalue weighted by molar-refractivity contribution is 0.158. The molecule has 0 spiro atoms. The van der Waals surface area contributed by atoms with E-state index in [-0.39, 0.29) is 0 Å². The average molecular weight is 184 g/mol. The summed E-state index contributed by atoms with van der Waals surface area (Å²) in [6, 6.07) is 0. The van der Waals surface area contributed by atoms with E-state index in [4.69, 9.17) is 0 Å². The molecule has 1 rings (SSSR count). The molecule has 0 radical (unpaired) electrons. The summed E-state index contributed by atoms with van der Waals surface area (Å²) in [4.78, 5) is 0. The predicted octanol–water partition coefficient (Wildman–Crippen LogP) is 4.74. The normalized spacial score (nSPS) is 33.9. The van der Waals surface area contributed by atoms with Crippen LogP contribution in [0.15, 0.2) is 0 Å². The first-order valence-corrected chi connectivity index (χ1v) is 6.11. The van der Waals surface area contributed by atoms with Crippen LogP contribution in [0.5, 0.6) is 0 Å². The Hall–Kier alpha value is 0. The van der Waals surface area contributed by atoms with Gasteiger partial charge in [-0.3, -0.25) is 0 Å². The molecule has 0 aromatic heterocycles. The van der Waals surface area contributed by atoms with Crippen LogP contribution in [0.1, 0.15) is 60.8 Å². The lowest BCUT2D eigenvalue weighted by atomic mass is 9.71. The highest BCUT2D eigenvalue weighted by Gasteiger charge is 2.26. The second kappa shape index (κ2) is 6.45. The van der Waals surface area contributed by atoms with E-state index in [0.29, 0.717) is 0 Å². The molecule has 0 unspecified atom stereocenters. The summed E-state index contributed by atoms with van der Waals surface area (Å²) < 4.78 is 0. The first kappa shape index (κ1) is 13.0. The van der Waals surface area contributed by atoms with E-state index in [2.05, 4.69) is 27.7 Å². The van der Waals surface area contributed by atoms with Crippen LogP contribution in [-0.4, -0.2) is 0 Å². The molecule has 1 aliphatic carbocycles. The summed E-state index contributed by atoms with van der Waals surface area (Å²) in [7, 11) is 0. The van der Waals surface area contributed by atoms with Crippen molar-refractivity contribution >= 4 is 0 Å². The third-order valence-electron chi connectivity index (χ3n) is 3.35. The van der Waals surface area contributed by atoms with Gasteiger partial charge in [0, 0.05) is 0 Å². The second-order valence-corrected chi connectivity index (χ2v) is 4.80. The van der Waals surface area contributed by atoms with Gasteiger partial charge in [0.15, 0.2) is 0 Å². The molecular weight excluding hydrogens is 156 g/mol. The minimum absolute atomic E-state index is 0.900. The van der Waals surface area contributed by atoms with Crippen LogP contribution in [0.25, 0.3) is 0 Å². The standard InChI is InChI=1S/C11H22.C2H6/c1-8(2)11-6-5-9(3)7-10(11)4;1-2/h8-11H,5-7H2,1-4H3;1-2H3/t9-,10-,11+;/m0./s1. The molecule has 0 nitrogen and oxygen atoms in total. The smallest absolute Gasteiger partial charge is 0.0365 e. The molecule has 0 saturated heterocycles. The van der Waals surface area contributed by atoms with Crippen molar-refractivity contribution in [3.05, 3.63) is 0 Å². The summed E-state index contributed by atoms with van der Waals surface area (Å²) in [6.45, 7) is 13.6. The van der Waals surface area contributed by atoms with Gasteiger partial charge in [-0.05, 0) is 36.5 Å². The monoisotopic (exact) mass is 184 g/mol. The highest BCUT2D eigenvalue weighted by atomic mass is 14.3. The zero-order valence-electron chi connectivity index (χ0n) is 10.4. The van der Waals surface area contributed by atoms with Gasteiger partial charge in [-0.1, -0.05) is 48.0 Å². The lowest BCUT2D eigenvalue weighted by Crippen LogP contribution is -2.25. The first-order valence-electron chi connectivity index (χ1n) is 6.11. The van der Waals surface area contributed by atoms with Crippen LogP contribution >= 0.6 is 0 Å². The SMILES string of the molecule is CC.CC(C)[C@H]1CC[C@H](C)C[C@@H]1C. The molecule has 3 atom stereocenters. The van der Waals surface area contributed by atoms with E-state index in [1.807, 2.05) is 13.8 Å². The van der Waals surface area contributed by atoms with E-state index >= 15 is 0 Å². The Bertz CT molecular complexity index is 115. The summed E-state index contributed by atoms with van der Waals surface area (Å²) >= 11 is 0. The molecule has 0 heteroatoms. The Morgan fingerprint density at radius 3 is 1.92 bits per heavy atom. The number of rotatable bonds is 1. The summed E-state index contributed by atoms with van der Waals surface area (Å²) in [5.41, 5.74) is 0. The highest BCUT2D eigenvalue weighted by molar-refractivity contribution is 4.77. The van der Waals surface area contributed by atoms with Crippen molar-refractivity contribution in [3.8, 4) is 0 Å². The van der Waals surface area contributed by atoms with Crippen LogP contribution in [-0.2, 0) is 0 Å². The van der Waals surface area contributed by atoms with E-state index in [1.165, 1.54) is 19.3 Å². The highest BCUT2D eigenvalue weighted by Crippen LogP contribution is 2.37. The van der Waals surface area contributed by atoms with Gasteiger partial charge >= 0.3 is 0 Å². The molecule has 0 heterocycles. The van der Waals surface area contributed by atoms with Crippen molar-refractivity contribution in [2.45, 2.75) is 60.8 Å². The topological polar surface area (TPSA) is 0 Å². The number of hydrogen-bond acceptors (Lipinski definition) is 0. The molecule has 0 aliphatic heterocycles. The van der Waals surface area contributed by atoms with Gasteiger partial charge in [-0.2, -0.15) is 0 Å². The first-order chi connectivity index (χ1) is 6.11. The molecule has 0 aromatic carbocycles. The molecule has 1 fully saturated rings. The summed E-state index contributed by atoms with van der Waals surface area (Å²) in [5.74, 6) is 3.86. The van der Waals surface area contributed by atoms with Crippen LogP contribution < -0.4 is 0 Å².